The van der Waals surface area contributed by atoms with E-state index in [1.165, 1.54) is 22.4 Å². The lowest BCUT2D eigenvalue weighted by Crippen LogP contribution is -2.31. The molecule has 1 aromatic heterocycles. The Bertz CT molecular complexity index is 387. The highest BCUT2D eigenvalue weighted by molar-refractivity contribution is 7.12. The second kappa shape index (κ2) is 6.17. The molecule has 96 valence electrons. The summed E-state index contributed by atoms with van der Waals surface area (Å²) in [5.41, 5.74) is 1.32. The molecule has 2 atom stereocenters. The number of esters is 1. The molecule has 0 spiro atoms. The summed E-state index contributed by atoms with van der Waals surface area (Å²) in [4.78, 5) is 13.8. The fraction of sp³-hybridized carbons (Fsp3) is 0.615. The fourth-order valence-electron chi connectivity index (χ4n) is 1.99. The van der Waals surface area contributed by atoms with Crippen molar-refractivity contribution in [3.63, 3.8) is 0 Å². The van der Waals surface area contributed by atoms with Crippen LogP contribution in [0.3, 0.4) is 0 Å². The Balaban J connectivity index is 2.57. The van der Waals surface area contributed by atoms with Gasteiger partial charge >= 0.3 is 5.97 Å². The van der Waals surface area contributed by atoms with E-state index in [2.05, 4.69) is 36.9 Å². The van der Waals surface area contributed by atoms with Crippen molar-refractivity contribution in [3.05, 3.63) is 21.4 Å². The van der Waals surface area contributed by atoms with Crippen molar-refractivity contribution in [1.29, 1.82) is 0 Å². The van der Waals surface area contributed by atoms with Crippen molar-refractivity contribution in [2.24, 2.45) is 0 Å². The minimum atomic E-state index is -0.171. The third-order valence-electron chi connectivity index (χ3n) is 2.78. The molecule has 1 rings (SSSR count). The van der Waals surface area contributed by atoms with E-state index in [0.717, 1.165) is 0 Å². The summed E-state index contributed by atoms with van der Waals surface area (Å²) in [6.07, 6.45) is 0.406. The number of hydrogen-bond acceptors (Lipinski definition) is 4. The maximum Gasteiger partial charge on any atom is 0.307 e. The summed E-state index contributed by atoms with van der Waals surface area (Å²) >= 11 is 1.81. The first-order chi connectivity index (χ1) is 7.93. The van der Waals surface area contributed by atoms with E-state index in [1.54, 1.807) is 0 Å². The van der Waals surface area contributed by atoms with Gasteiger partial charge in [0.15, 0.2) is 0 Å². The van der Waals surface area contributed by atoms with Gasteiger partial charge in [0, 0.05) is 21.8 Å². The largest absolute Gasteiger partial charge is 0.469 e. The molecule has 1 heterocycles. The zero-order valence-electron chi connectivity index (χ0n) is 11.2. The SMILES string of the molecule is COC(=O)CC(C)NC(C)c1cc(C)sc1C. The maximum absolute atomic E-state index is 11.2. The number of carbonyl (C=O) groups is 1. The van der Waals surface area contributed by atoms with Crippen LogP contribution >= 0.6 is 11.3 Å². The number of rotatable bonds is 5. The first kappa shape index (κ1) is 14.2. The maximum atomic E-state index is 11.2. The Labute approximate surface area is 107 Å². The zero-order valence-corrected chi connectivity index (χ0v) is 12.0. The first-order valence-electron chi connectivity index (χ1n) is 5.83. The first-order valence-corrected chi connectivity index (χ1v) is 6.65. The molecule has 0 aliphatic rings. The molecule has 0 saturated carbocycles. The number of aryl methyl sites for hydroxylation is 2. The van der Waals surface area contributed by atoms with Crippen molar-refractivity contribution in [2.75, 3.05) is 7.11 Å². The van der Waals surface area contributed by atoms with Gasteiger partial charge in [0.2, 0.25) is 0 Å². The highest BCUT2D eigenvalue weighted by Gasteiger charge is 2.15. The lowest BCUT2D eigenvalue weighted by molar-refractivity contribution is -0.141. The summed E-state index contributed by atoms with van der Waals surface area (Å²) < 4.78 is 4.66. The fourth-order valence-corrected chi connectivity index (χ4v) is 3.01. The number of carbonyl (C=O) groups excluding carboxylic acids is 1. The molecule has 4 heteroatoms. The van der Waals surface area contributed by atoms with Crippen LogP contribution in [0, 0.1) is 13.8 Å². The van der Waals surface area contributed by atoms with Gasteiger partial charge in [-0.1, -0.05) is 0 Å². The third-order valence-corrected chi connectivity index (χ3v) is 3.76. The molecule has 0 amide bonds. The topological polar surface area (TPSA) is 38.3 Å². The van der Waals surface area contributed by atoms with Crippen molar-refractivity contribution in [1.82, 2.24) is 5.32 Å². The third kappa shape index (κ3) is 4.13. The van der Waals surface area contributed by atoms with Gasteiger partial charge in [-0.3, -0.25) is 4.79 Å². The second-order valence-electron chi connectivity index (χ2n) is 4.44. The number of ether oxygens (including phenoxy) is 1. The van der Waals surface area contributed by atoms with Gasteiger partial charge in [0.05, 0.1) is 13.5 Å². The van der Waals surface area contributed by atoms with Crippen LogP contribution in [0.5, 0.6) is 0 Å². The summed E-state index contributed by atoms with van der Waals surface area (Å²) in [5, 5.41) is 3.42. The van der Waals surface area contributed by atoms with E-state index in [4.69, 9.17) is 0 Å². The van der Waals surface area contributed by atoms with Crippen molar-refractivity contribution in [3.8, 4) is 0 Å². The number of methoxy groups -OCH3 is 1. The van der Waals surface area contributed by atoms with Gasteiger partial charge in [0.25, 0.3) is 0 Å². The number of thiophene rings is 1. The molecule has 0 aliphatic heterocycles. The zero-order chi connectivity index (χ0) is 13.0. The van der Waals surface area contributed by atoms with E-state index in [1.807, 2.05) is 18.3 Å². The van der Waals surface area contributed by atoms with Crippen molar-refractivity contribution >= 4 is 17.3 Å². The van der Waals surface area contributed by atoms with Crippen LogP contribution in [0.15, 0.2) is 6.07 Å². The Morgan fingerprint density at radius 1 is 1.47 bits per heavy atom. The highest BCUT2D eigenvalue weighted by Crippen LogP contribution is 2.26. The molecular formula is C13H21NO2S. The second-order valence-corrected chi connectivity index (χ2v) is 5.90. The van der Waals surface area contributed by atoms with Crippen LogP contribution in [-0.2, 0) is 9.53 Å². The summed E-state index contributed by atoms with van der Waals surface area (Å²) in [5.74, 6) is -0.171. The molecule has 0 aromatic carbocycles. The number of hydrogen-bond donors (Lipinski definition) is 1. The molecule has 0 fully saturated rings. The summed E-state index contributed by atoms with van der Waals surface area (Å²) in [6, 6.07) is 2.60. The standard InChI is InChI=1S/C13H21NO2S/c1-8(6-13(15)16-5)14-10(3)12-7-9(2)17-11(12)4/h7-8,10,14H,6H2,1-5H3. The van der Waals surface area contributed by atoms with Gasteiger partial charge in [-0.15, -0.1) is 11.3 Å². The number of nitrogens with one attached hydrogen (secondary N) is 1. The van der Waals surface area contributed by atoms with Crippen LogP contribution in [-0.4, -0.2) is 19.1 Å². The quantitative estimate of drug-likeness (QED) is 0.822. The molecule has 0 saturated heterocycles. The lowest BCUT2D eigenvalue weighted by atomic mass is 10.1. The van der Waals surface area contributed by atoms with E-state index >= 15 is 0 Å². The Morgan fingerprint density at radius 2 is 2.12 bits per heavy atom. The smallest absolute Gasteiger partial charge is 0.307 e. The molecule has 0 bridgehead atoms. The monoisotopic (exact) mass is 255 g/mol. The van der Waals surface area contributed by atoms with Crippen molar-refractivity contribution < 1.29 is 9.53 Å². The molecular weight excluding hydrogens is 234 g/mol. The van der Waals surface area contributed by atoms with E-state index in [9.17, 15) is 4.79 Å². The van der Waals surface area contributed by atoms with Crippen LogP contribution < -0.4 is 5.32 Å². The average molecular weight is 255 g/mol. The van der Waals surface area contributed by atoms with Crippen LogP contribution in [0.25, 0.3) is 0 Å². The van der Waals surface area contributed by atoms with Gasteiger partial charge in [-0.25, -0.2) is 0 Å². The van der Waals surface area contributed by atoms with Gasteiger partial charge in [-0.05, 0) is 39.3 Å². The average Bonchev–Trinajstić information content (AvgIpc) is 2.57. The van der Waals surface area contributed by atoms with E-state index < -0.39 is 0 Å². The molecule has 1 aromatic rings. The summed E-state index contributed by atoms with van der Waals surface area (Å²) in [6.45, 7) is 8.38. The minimum Gasteiger partial charge on any atom is -0.469 e. The predicted octanol–water partition coefficient (Wildman–Crippen LogP) is 2.97. The Kier molecular flexibility index (Phi) is 5.15. The molecule has 0 radical (unpaired) electrons. The van der Waals surface area contributed by atoms with E-state index in [-0.39, 0.29) is 18.1 Å². The normalized spacial score (nSPS) is 14.4. The summed E-state index contributed by atoms with van der Waals surface area (Å²) in [7, 11) is 1.42. The highest BCUT2D eigenvalue weighted by atomic mass is 32.1. The Morgan fingerprint density at radius 3 is 2.59 bits per heavy atom. The predicted molar refractivity (Wildman–Crippen MR) is 71.4 cm³/mol. The molecule has 1 N–H and O–H groups in total. The van der Waals surface area contributed by atoms with Crippen LogP contribution in [0.2, 0.25) is 0 Å². The molecule has 3 nitrogen and oxygen atoms in total. The molecule has 0 aliphatic carbocycles. The molecule has 17 heavy (non-hydrogen) atoms. The van der Waals surface area contributed by atoms with Gasteiger partial charge in [-0.2, -0.15) is 0 Å². The van der Waals surface area contributed by atoms with E-state index in [0.29, 0.717) is 6.42 Å². The lowest BCUT2D eigenvalue weighted by Gasteiger charge is -2.19. The van der Waals surface area contributed by atoms with Crippen LogP contribution in [0.4, 0.5) is 0 Å². The van der Waals surface area contributed by atoms with Gasteiger partial charge in [0.1, 0.15) is 0 Å². The minimum absolute atomic E-state index is 0.122. The van der Waals surface area contributed by atoms with Gasteiger partial charge < -0.3 is 10.1 Å². The Hall–Kier alpha value is -0.870. The van der Waals surface area contributed by atoms with Crippen LogP contribution in [0.1, 0.15) is 41.6 Å². The van der Waals surface area contributed by atoms with Crippen molar-refractivity contribution in [2.45, 2.75) is 46.2 Å². The molecule has 2 unspecified atom stereocenters.